The Hall–Kier alpha value is -1.55. The van der Waals surface area contributed by atoms with E-state index in [2.05, 4.69) is 36.2 Å². The second kappa shape index (κ2) is 5.58. The first-order chi connectivity index (χ1) is 10.4. The van der Waals surface area contributed by atoms with Crippen molar-refractivity contribution in [3.63, 3.8) is 0 Å². The van der Waals surface area contributed by atoms with Crippen LogP contribution >= 0.6 is 0 Å². The molecule has 0 radical (unpaired) electrons. The zero-order valence-corrected chi connectivity index (χ0v) is 14.2. The largest absolute Gasteiger partial charge is 0.370 e. The van der Waals surface area contributed by atoms with Gasteiger partial charge in [0.1, 0.15) is 5.54 Å². The Morgan fingerprint density at radius 2 is 1.73 bits per heavy atom. The number of likely N-dealkylation sites (tertiary alicyclic amines) is 1. The van der Waals surface area contributed by atoms with Crippen LogP contribution in [0.15, 0.2) is 12.1 Å². The third-order valence-electron chi connectivity index (χ3n) is 4.97. The molecule has 0 aromatic heterocycles. The second-order valence-electron chi connectivity index (χ2n) is 7.21. The average molecular weight is 301 g/mol. The summed E-state index contributed by atoms with van der Waals surface area (Å²) in [6.45, 7) is 12.3. The van der Waals surface area contributed by atoms with Gasteiger partial charge in [-0.1, -0.05) is 0 Å². The fraction of sp³-hybridized carbons (Fsp3) is 0.611. The number of nitrogens with zero attached hydrogens (tertiary/aromatic N) is 2. The summed E-state index contributed by atoms with van der Waals surface area (Å²) in [7, 11) is 0. The van der Waals surface area contributed by atoms with E-state index in [1.165, 1.54) is 37.1 Å². The van der Waals surface area contributed by atoms with Gasteiger partial charge in [-0.15, -0.1) is 0 Å². The van der Waals surface area contributed by atoms with Crippen molar-refractivity contribution in [1.82, 2.24) is 4.90 Å². The van der Waals surface area contributed by atoms with Crippen molar-refractivity contribution in [2.45, 2.75) is 46.1 Å². The Balaban J connectivity index is 1.89. The standard InChI is InChI=1S/C18H27N3O/c1-13-11-15-16(12-14(13)2)21(17(22)18(3,4)19-15)10-9-20-7-5-6-8-20/h11-12,19H,5-10H2,1-4H3. The van der Waals surface area contributed by atoms with Crippen LogP contribution in [0, 0.1) is 13.8 Å². The van der Waals surface area contributed by atoms with E-state index in [1.807, 2.05) is 18.7 Å². The molecule has 3 rings (SSSR count). The summed E-state index contributed by atoms with van der Waals surface area (Å²) in [6, 6.07) is 4.32. The van der Waals surface area contributed by atoms with Crippen molar-refractivity contribution >= 4 is 17.3 Å². The second-order valence-corrected chi connectivity index (χ2v) is 7.21. The first-order valence-corrected chi connectivity index (χ1v) is 8.32. The first-order valence-electron chi connectivity index (χ1n) is 8.32. The van der Waals surface area contributed by atoms with Crippen LogP contribution in [0.5, 0.6) is 0 Å². The lowest BCUT2D eigenvalue weighted by Crippen LogP contribution is -2.55. The molecule has 120 valence electrons. The van der Waals surface area contributed by atoms with Crippen molar-refractivity contribution in [3.05, 3.63) is 23.3 Å². The van der Waals surface area contributed by atoms with Gasteiger partial charge in [-0.25, -0.2) is 0 Å². The van der Waals surface area contributed by atoms with Crippen LogP contribution in [0.25, 0.3) is 0 Å². The fourth-order valence-corrected chi connectivity index (χ4v) is 3.43. The quantitative estimate of drug-likeness (QED) is 0.932. The molecule has 2 aliphatic heterocycles. The highest BCUT2D eigenvalue weighted by molar-refractivity contribution is 6.07. The van der Waals surface area contributed by atoms with Gasteiger partial charge in [-0.3, -0.25) is 4.79 Å². The van der Waals surface area contributed by atoms with Crippen molar-refractivity contribution in [2.75, 3.05) is 36.4 Å². The molecule has 2 aliphatic rings. The summed E-state index contributed by atoms with van der Waals surface area (Å²) in [5.41, 5.74) is 4.07. The molecule has 0 unspecified atom stereocenters. The number of fused-ring (bicyclic) bond motifs is 1. The Morgan fingerprint density at radius 1 is 1.09 bits per heavy atom. The molecular weight excluding hydrogens is 274 g/mol. The number of carbonyl (C=O) groups is 1. The van der Waals surface area contributed by atoms with Gasteiger partial charge in [0.2, 0.25) is 0 Å². The highest BCUT2D eigenvalue weighted by Gasteiger charge is 2.38. The number of hydrogen-bond donors (Lipinski definition) is 1. The van der Waals surface area contributed by atoms with Gasteiger partial charge in [-0.05, 0) is 76.9 Å². The van der Waals surface area contributed by atoms with E-state index in [0.29, 0.717) is 0 Å². The minimum absolute atomic E-state index is 0.169. The number of carbonyl (C=O) groups excluding carboxylic acids is 1. The summed E-state index contributed by atoms with van der Waals surface area (Å²) in [5.74, 6) is 0.169. The van der Waals surface area contributed by atoms with Crippen molar-refractivity contribution in [1.29, 1.82) is 0 Å². The van der Waals surface area contributed by atoms with Crippen LogP contribution in [0.1, 0.15) is 37.8 Å². The van der Waals surface area contributed by atoms with Gasteiger partial charge in [0.25, 0.3) is 5.91 Å². The molecule has 1 aromatic carbocycles. The maximum Gasteiger partial charge on any atom is 0.252 e. The van der Waals surface area contributed by atoms with Crippen LogP contribution < -0.4 is 10.2 Å². The molecule has 0 atom stereocenters. The molecular formula is C18H27N3O. The number of rotatable bonds is 3. The molecule has 0 bridgehead atoms. The first kappa shape index (κ1) is 15.3. The van der Waals surface area contributed by atoms with E-state index in [4.69, 9.17) is 0 Å². The van der Waals surface area contributed by atoms with E-state index < -0.39 is 5.54 Å². The molecule has 1 fully saturated rings. The molecule has 2 heterocycles. The maximum absolute atomic E-state index is 12.9. The Morgan fingerprint density at radius 3 is 2.41 bits per heavy atom. The Kier molecular flexibility index (Phi) is 3.89. The summed E-state index contributed by atoms with van der Waals surface area (Å²) in [6.07, 6.45) is 2.58. The van der Waals surface area contributed by atoms with Crippen molar-refractivity contribution in [3.8, 4) is 0 Å². The van der Waals surface area contributed by atoms with Crippen molar-refractivity contribution < 1.29 is 4.79 Å². The van der Waals surface area contributed by atoms with Gasteiger partial charge in [-0.2, -0.15) is 0 Å². The molecule has 4 nitrogen and oxygen atoms in total. The SMILES string of the molecule is Cc1cc2c(cc1C)N(CCN1CCCC1)C(=O)C(C)(C)N2. The third kappa shape index (κ3) is 2.72. The van der Waals surface area contributed by atoms with Crippen LogP contribution in [-0.2, 0) is 4.79 Å². The normalized spacial score (nSPS) is 20.9. The lowest BCUT2D eigenvalue weighted by atomic mass is 9.96. The van der Waals surface area contributed by atoms with E-state index in [9.17, 15) is 4.79 Å². The molecule has 0 saturated carbocycles. The highest BCUT2D eigenvalue weighted by atomic mass is 16.2. The van der Waals surface area contributed by atoms with E-state index >= 15 is 0 Å². The van der Waals surface area contributed by atoms with Gasteiger partial charge >= 0.3 is 0 Å². The topological polar surface area (TPSA) is 35.6 Å². The molecule has 1 aromatic rings. The number of hydrogen-bond acceptors (Lipinski definition) is 3. The summed E-state index contributed by atoms with van der Waals surface area (Å²) in [4.78, 5) is 17.3. The number of aryl methyl sites for hydroxylation is 2. The molecule has 0 spiro atoms. The number of benzene rings is 1. The molecule has 22 heavy (non-hydrogen) atoms. The van der Waals surface area contributed by atoms with Crippen LogP contribution in [0.3, 0.4) is 0 Å². The molecule has 4 heteroatoms. The number of anilines is 2. The zero-order valence-electron chi connectivity index (χ0n) is 14.2. The Labute approximate surface area is 133 Å². The smallest absolute Gasteiger partial charge is 0.252 e. The number of nitrogens with one attached hydrogen (secondary N) is 1. The summed E-state index contributed by atoms with van der Waals surface area (Å²) >= 11 is 0. The Bertz CT molecular complexity index is 588. The van der Waals surface area contributed by atoms with Gasteiger partial charge < -0.3 is 15.1 Å². The highest BCUT2D eigenvalue weighted by Crippen LogP contribution is 2.37. The predicted molar refractivity (Wildman–Crippen MR) is 91.6 cm³/mol. The number of amides is 1. The predicted octanol–water partition coefficient (Wildman–Crippen LogP) is 2.94. The monoisotopic (exact) mass is 301 g/mol. The fourth-order valence-electron chi connectivity index (χ4n) is 3.43. The van der Waals surface area contributed by atoms with E-state index in [-0.39, 0.29) is 5.91 Å². The molecule has 0 aliphatic carbocycles. The molecule has 1 amide bonds. The van der Waals surface area contributed by atoms with E-state index in [1.54, 1.807) is 0 Å². The summed E-state index contributed by atoms with van der Waals surface area (Å²) < 4.78 is 0. The summed E-state index contributed by atoms with van der Waals surface area (Å²) in [5, 5.41) is 3.41. The van der Waals surface area contributed by atoms with Crippen LogP contribution in [0.2, 0.25) is 0 Å². The lowest BCUT2D eigenvalue weighted by molar-refractivity contribution is -0.122. The van der Waals surface area contributed by atoms with Gasteiger partial charge in [0.05, 0.1) is 11.4 Å². The minimum atomic E-state index is -0.542. The molecule has 1 N–H and O–H groups in total. The maximum atomic E-state index is 12.9. The lowest BCUT2D eigenvalue weighted by Gasteiger charge is -2.41. The van der Waals surface area contributed by atoms with E-state index in [0.717, 1.165) is 24.5 Å². The van der Waals surface area contributed by atoms with Gasteiger partial charge in [0, 0.05) is 13.1 Å². The zero-order chi connectivity index (χ0) is 15.9. The average Bonchev–Trinajstić information content (AvgIpc) is 2.95. The van der Waals surface area contributed by atoms with Crippen molar-refractivity contribution in [2.24, 2.45) is 0 Å². The third-order valence-corrected chi connectivity index (χ3v) is 4.97. The van der Waals surface area contributed by atoms with Gasteiger partial charge in [0.15, 0.2) is 0 Å². The van der Waals surface area contributed by atoms with Crippen LogP contribution in [0.4, 0.5) is 11.4 Å². The molecule has 1 saturated heterocycles. The minimum Gasteiger partial charge on any atom is -0.370 e. The van der Waals surface area contributed by atoms with Crippen LogP contribution in [-0.4, -0.2) is 42.5 Å².